The number of rotatable bonds is 8. The maximum absolute atomic E-state index is 14.0. The number of hydrogen-bond donors (Lipinski definition) is 1. The molecule has 2 aromatic carbocycles. The van der Waals surface area contributed by atoms with Crippen molar-refractivity contribution in [2.45, 2.75) is 36.5 Å². The lowest BCUT2D eigenvalue weighted by atomic mass is 9.68. The Hall–Kier alpha value is -3.90. The Morgan fingerprint density at radius 2 is 1.68 bits per heavy atom. The van der Waals surface area contributed by atoms with Gasteiger partial charge in [-0.1, -0.05) is 23.5 Å². The molecule has 3 heterocycles. The van der Waals surface area contributed by atoms with Gasteiger partial charge in [-0.05, 0) is 80.0 Å². The molecule has 3 fully saturated rings. The molecule has 7 atom stereocenters. The highest BCUT2D eigenvalue weighted by Crippen LogP contribution is 2.68. The number of benzene rings is 2. The van der Waals surface area contributed by atoms with Crippen LogP contribution in [-0.4, -0.2) is 53.8 Å². The number of carbonyl (C=O) groups is 4. The third-order valence-corrected chi connectivity index (χ3v) is 11.8. The van der Waals surface area contributed by atoms with Crippen LogP contribution in [-0.2, 0) is 23.9 Å². The molecule has 3 aromatic rings. The number of esters is 2. The second kappa shape index (κ2) is 11.2. The number of thiazole rings is 1. The van der Waals surface area contributed by atoms with E-state index in [2.05, 4.69) is 4.98 Å². The van der Waals surface area contributed by atoms with E-state index in [0.29, 0.717) is 17.0 Å². The molecule has 2 amide bonds. The molecule has 4 aliphatic rings. The SMILES string of the molecule is CCOC(=O)COc1cccc([C@@H]2c3sc(=O)[nH]c3S[C@@H]3[C@@H]4C[C@@H]([C@@H]5C(=O)N(c6ccc(C(=O)OCC)cc6)C(=O)[C@@H]45)[C@H]23)c1. The zero-order chi connectivity index (χ0) is 30.7. The Bertz CT molecular complexity index is 1720. The monoisotopic (exact) mass is 634 g/mol. The summed E-state index contributed by atoms with van der Waals surface area (Å²) in [7, 11) is 0. The molecule has 1 aromatic heterocycles. The first kappa shape index (κ1) is 28.8. The molecule has 1 saturated heterocycles. The number of H-pyrrole nitrogens is 1. The van der Waals surface area contributed by atoms with E-state index in [-0.39, 0.29) is 65.4 Å². The van der Waals surface area contributed by atoms with Crippen LogP contribution in [0, 0.1) is 29.6 Å². The largest absolute Gasteiger partial charge is 0.482 e. The van der Waals surface area contributed by atoms with E-state index in [1.54, 1.807) is 55.9 Å². The molecule has 2 aliphatic carbocycles. The quantitative estimate of drug-likeness (QED) is 0.286. The Morgan fingerprint density at radius 3 is 2.41 bits per heavy atom. The Kier molecular flexibility index (Phi) is 7.36. The number of aromatic amines is 1. The molecule has 2 aliphatic heterocycles. The van der Waals surface area contributed by atoms with Crippen LogP contribution in [0.3, 0.4) is 0 Å². The number of imide groups is 1. The van der Waals surface area contributed by atoms with E-state index in [1.165, 1.54) is 16.2 Å². The third-order valence-electron chi connectivity index (χ3n) is 9.24. The summed E-state index contributed by atoms with van der Waals surface area (Å²) >= 11 is 2.81. The van der Waals surface area contributed by atoms with E-state index in [0.717, 1.165) is 21.9 Å². The number of anilines is 1. The van der Waals surface area contributed by atoms with Crippen LogP contribution >= 0.6 is 23.1 Å². The molecule has 12 heteroatoms. The summed E-state index contributed by atoms with van der Waals surface area (Å²) in [4.78, 5) is 69.6. The lowest BCUT2D eigenvalue weighted by molar-refractivity contribution is -0.145. The number of nitrogens with one attached hydrogen (secondary N) is 1. The van der Waals surface area contributed by atoms with Gasteiger partial charge >= 0.3 is 16.8 Å². The van der Waals surface area contributed by atoms with E-state index < -0.39 is 23.8 Å². The van der Waals surface area contributed by atoms with E-state index in [9.17, 15) is 24.0 Å². The van der Waals surface area contributed by atoms with Crippen molar-refractivity contribution < 1.29 is 33.4 Å². The topological polar surface area (TPSA) is 132 Å². The minimum Gasteiger partial charge on any atom is -0.482 e. The van der Waals surface area contributed by atoms with Crippen molar-refractivity contribution in [1.29, 1.82) is 0 Å². The van der Waals surface area contributed by atoms with Gasteiger partial charge < -0.3 is 19.2 Å². The summed E-state index contributed by atoms with van der Waals surface area (Å²) < 4.78 is 15.8. The number of carbonyl (C=O) groups excluding carboxylic acids is 4. The summed E-state index contributed by atoms with van der Waals surface area (Å²) in [5.74, 6) is -1.94. The fourth-order valence-corrected chi connectivity index (χ4v) is 10.6. The van der Waals surface area contributed by atoms with Gasteiger partial charge in [-0.15, -0.1) is 11.8 Å². The molecule has 2 bridgehead atoms. The Balaban J connectivity index is 1.21. The summed E-state index contributed by atoms with van der Waals surface area (Å²) in [6.07, 6.45) is 0.763. The lowest BCUT2D eigenvalue weighted by Crippen LogP contribution is -2.42. The maximum atomic E-state index is 14.0. The highest BCUT2D eigenvalue weighted by atomic mass is 32.2. The van der Waals surface area contributed by atoms with Crippen LogP contribution in [0.4, 0.5) is 5.69 Å². The van der Waals surface area contributed by atoms with Crippen LogP contribution < -0.4 is 14.5 Å². The second-order valence-electron chi connectivity index (χ2n) is 11.4. The standard InChI is InChI=1S/C32H30N2O8S2/c1-3-40-21(35)14-42-18-7-5-6-16(12-18)22-23-19-13-20(26(23)43-28-27(22)44-32(39)33-28)25-24(19)29(36)34(30(25)37)17-10-8-15(9-11-17)31(38)41-4-2/h5-12,19-20,22-26H,3-4,13-14H2,1-2H3,(H,33,39)/t19-,20-,22+,23-,24+,25+,26-/m1/s1. The van der Waals surface area contributed by atoms with Gasteiger partial charge in [0.05, 0.1) is 41.3 Å². The molecule has 10 nitrogen and oxygen atoms in total. The zero-order valence-corrected chi connectivity index (χ0v) is 25.7. The zero-order valence-electron chi connectivity index (χ0n) is 24.0. The molecule has 7 rings (SSSR count). The van der Waals surface area contributed by atoms with Crippen LogP contribution in [0.1, 0.15) is 47.0 Å². The summed E-state index contributed by atoms with van der Waals surface area (Å²) in [5.41, 5.74) is 1.74. The van der Waals surface area contributed by atoms with E-state index in [4.69, 9.17) is 14.2 Å². The van der Waals surface area contributed by atoms with Crippen molar-refractivity contribution in [1.82, 2.24) is 4.98 Å². The van der Waals surface area contributed by atoms with Gasteiger partial charge in [-0.25, -0.2) is 9.59 Å². The van der Waals surface area contributed by atoms with Gasteiger partial charge in [0.25, 0.3) is 0 Å². The van der Waals surface area contributed by atoms with Crippen molar-refractivity contribution >= 4 is 52.5 Å². The fraction of sp³-hybridized carbons (Fsp3) is 0.406. The number of ether oxygens (including phenoxy) is 3. The molecule has 44 heavy (non-hydrogen) atoms. The average Bonchev–Trinajstić information content (AvgIpc) is 3.75. The minimum absolute atomic E-state index is 0.0217. The fourth-order valence-electron chi connectivity index (χ4n) is 7.75. The van der Waals surface area contributed by atoms with Gasteiger partial charge in [0.15, 0.2) is 6.61 Å². The van der Waals surface area contributed by atoms with Crippen LogP contribution in [0.15, 0.2) is 58.4 Å². The molecule has 0 unspecified atom stereocenters. The number of thioether (sulfide) groups is 1. The van der Waals surface area contributed by atoms with E-state index in [1.807, 2.05) is 18.2 Å². The molecule has 0 spiro atoms. The number of aromatic nitrogens is 1. The van der Waals surface area contributed by atoms with Crippen molar-refractivity contribution in [3.05, 3.63) is 74.2 Å². The van der Waals surface area contributed by atoms with Crippen molar-refractivity contribution in [3.8, 4) is 5.75 Å². The van der Waals surface area contributed by atoms with Gasteiger partial charge in [0, 0.05) is 16.0 Å². The van der Waals surface area contributed by atoms with Crippen molar-refractivity contribution in [3.63, 3.8) is 0 Å². The molecular weight excluding hydrogens is 604 g/mol. The lowest BCUT2D eigenvalue weighted by Gasteiger charge is -2.43. The number of hydrogen-bond acceptors (Lipinski definition) is 10. The van der Waals surface area contributed by atoms with Gasteiger partial charge in [-0.3, -0.25) is 19.3 Å². The van der Waals surface area contributed by atoms with Crippen molar-refractivity contribution in [2.75, 3.05) is 24.7 Å². The summed E-state index contributed by atoms with van der Waals surface area (Å²) in [6, 6.07) is 13.9. The smallest absolute Gasteiger partial charge is 0.344 e. The van der Waals surface area contributed by atoms with Gasteiger partial charge in [0.1, 0.15) is 5.75 Å². The third kappa shape index (κ3) is 4.57. The molecule has 0 radical (unpaired) electrons. The average molecular weight is 635 g/mol. The van der Waals surface area contributed by atoms with E-state index >= 15 is 0 Å². The minimum atomic E-state index is -0.457. The number of amides is 2. The van der Waals surface area contributed by atoms with Gasteiger partial charge in [0.2, 0.25) is 11.8 Å². The Labute approximate surface area is 261 Å². The summed E-state index contributed by atoms with van der Waals surface area (Å²) in [6.45, 7) is 3.77. The number of nitrogens with zero attached hydrogens (tertiary/aromatic N) is 1. The first-order valence-electron chi connectivity index (χ1n) is 14.7. The highest BCUT2D eigenvalue weighted by Gasteiger charge is 2.69. The van der Waals surface area contributed by atoms with Crippen LogP contribution in [0.25, 0.3) is 0 Å². The number of fused-ring (bicyclic) bond motifs is 9. The highest BCUT2D eigenvalue weighted by molar-refractivity contribution is 8.00. The predicted molar refractivity (Wildman–Crippen MR) is 162 cm³/mol. The second-order valence-corrected chi connectivity index (χ2v) is 13.6. The molecule has 1 N–H and O–H groups in total. The predicted octanol–water partition coefficient (Wildman–Crippen LogP) is 4.23. The first-order valence-corrected chi connectivity index (χ1v) is 16.4. The normalized spacial score (nSPS) is 28.0. The summed E-state index contributed by atoms with van der Waals surface area (Å²) in [5, 5.41) is 0.854. The van der Waals surface area contributed by atoms with Crippen LogP contribution in [0.5, 0.6) is 5.75 Å². The van der Waals surface area contributed by atoms with Crippen LogP contribution in [0.2, 0.25) is 0 Å². The molecule has 228 valence electrons. The van der Waals surface area contributed by atoms with Crippen molar-refractivity contribution in [2.24, 2.45) is 29.6 Å². The van der Waals surface area contributed by atoms with Gasteiger partial charge in [-0.2, -0.15) is 0 Å². The Morgan fingerprint density at radius 1 is 0.955 bits per heavy atom. The molecular formula is C32H30N2O8S2. The maximum Gasteiger partial charge on any atom is 0.344 e. The first-order chi connectivity index (χ1) is 21.3. The molecule has 2 saturated carbocycles.